The average molecular weight is 273 g/mol. The Labute approximate surface area is 112 Å². The van der Waals surface area contributed by atoms with E-state index < -0.39 is 17.5 Å². The van der Waals surface area contributed by atoms with Crippen LogP contribution in [0.15, 0.2) is 42.7 Å². The van der Waals surface area contributed by atoms with Gasteiger partial charge >= 0.3 is 0 Å². The van der Waals surface area contributed by atoms with Crippen LogP contribution in [0.4, 0.5) is 14.5 Å². The number of fused-ring (bicyclic) bond motifs is 1. The number of hydrogen-bond acceptors (Lipinski definition) is 2. The Morgan fingerprint density at radius 2 is 2.00 bits per heavy atom. The second-order valence-electron chi connectivity index (χ2n) is 4.19. The highest BCUT2D eigenvalue weighted by molar-refractivity contribution is 6.11. The van der Waals surface area contributed by atoms with Crippen LogP contribution in [-0.2, 0) is 0 Å². The van der Waals surface area contributed by atoms with Gasteiger partial charge in [0.2, 0.25) is 0 Å². The Balaban J connectivity index is 1.93. The molecule has 0 saturated carbocycles. The minimum absolute atomic E-state index is 0.182. The van der Waals surface area contributed by atoms with E-state index in [4.69, 9.17) is 0 Å². The van der Waals surface area contributed by atoms with Crippen LogP contribution in [0.5, 0.6) is 0 Å². The van der Waals surface area contributed by atoms with Crippen molar-refractivity contribution in [2.24, 2.45) is 0 Å². The normalized spacial score (nSPS) is 10.7. The number of imidazole rings is 1. The zero-order valence-corrected chi connectivity index (χ0v) is 10.2. The third-order valence-corrected chi connectivity index (χ3v) is 2.87. The lowest BCUT2D eigenvalue weighted by molar-refractivity contribution is 0.102. The molecule has 0 atom stereocenters. The van der Waals surface area contributed by atoms with E-state index in [1.54, 1.807) is 18.2 Å². The lowest BCUT2D eigenvalue weighted by Gasteiger charge is -2.06. The summed E-state index contributed by atoms with van der Waals surface area (Å²) in [6, 6.07) is 8.29. The van der Waals surface area contributed by atoms with Crippen molar-refractivity contribution in [3.63, 3.8) is 0 Å². The molecule has 1 heterocycles. The highest BCUT2D eigenvalue weighted by atomic mass is 19.2. The van der Waals surface area contributed by atoms with E-state index in [9.17, 15) is 13.6 Å². The number of carbonyl (C=O) groups is 1. The van der Waals surface area contributed by atoms with Crippen LogP contribution >= 0.6 is 0 Å². The molecule has 0 saturated heterocycles. The molecule has 1 aromatic heterocycles. The van der Waals surface area contributed by atoms with Gasteiger partial charge in [-0.3, -0.25) is 4.79 Å². The number of amides is 1. The molecule has 1 amide bonds. The van der Waals surface area contributed by atoms with Gasteiger partial charge in [-0.1, -0.05) is 6.07 Å². The van der Waals surface area contributed by atoms with Gasteiger partial charge in [-0.25, -0.2) is 13.8 Å². The number of benzene rings is 2. The topological polar surface area (TPSA) is 57.8 Å². The molecule has 0 aliphatic carbocycles. The summed E-state index contributed by atoms with van der Waals surface area (Å²) in [5.74, 6) is -2.41. The molecular weight excluding hydrogens is 264 g/mol. The van der Waals surface area contributed by atoms with Gasteiger partial charge in [0.15, 0.2) is 11.6 Å². The summed E-state index contributed by atoms with van der Waals surface area (Å²) in [4.78, 5) is 19.1. The third kappa shape index (κ3) is 2.11. The molecule has 0 unspecified atom stereocenters. The predicted molar refractivity (Wildman–Crippen MR) is 70.4 cm³/mol. The molecule has 0 spiro atoms. The standard InChI is InChI=1S/C14H9F2N3O/c15-10-5-4-8(6-11(10)16)19-14(20)9-2-1-3-12-13(9)18-7-17-12/h1-7H,(H,17,18)(H,19,20). The third-order valence-electron chi connectivity index (χ3n) is 2.87. The molecule has 3 rings (SSSR count). The fourth-order valence-corrected chi connectivity index (χ4v) is 1.92. The number of halogens is 2. The maximum absolute atomic E-state index is 13.1. The fraction of sp³-hybridized carbons (Fsp3) is 0. The monoisotopic (exact) mass is 273 g/mol. The predicted octanol–water partition coefficient (Wildman–Crippen LogP) is 3.09. The van der Waals surface area contributed by atoms with Crippen molar-refractivity contribution >= 4 is 22.6 Å². The van der Waals surface area contributed by atoms with Crippen molar-refractivity contribution in [3.8, 4) is 0 Å². The number of rotatable bonds is 2. The SMILES string of the molecule is O=C(Nc1ccc(F)c(F)c1)c1cccc2[nH]cnc12. The molecular formula is C14H9F2N3O. The highest BCUT2D eigenvalue weighted by Crippen LogP contribution is 2.18. The van der Waals surface area contributed by atoms with Gasteiger partial charge in [0.05, 0.1) is 17.4 Å². The number of nitrogens with zero attached hydrogens (tertiary/aromatic N) is 1. The van der Waals surface area contributed by atoms with Gasteiger partial charge in [0, 0.05) is 11.8 Å². The van der Waals surface area contributed by atoms with E-state index in [0.717, 1.165) is 17.6 Å². The molecule has 0 bridgehead atoms. The smallest absolute Gasteiger partial charge is 0.257 e. The first-order valence-electron chi connectivity index (χ1n) is 5.83. The molecule has 4 nitrogen and oxygen atoms in total. The van der Waals surface area contributed by atoms with Crippen LogP contribution in [-0.4, -0.2) is 15.9 Å². The number of anilines is 1. The first kappa shape index (κ1) is 12.3. The summed E-state index contributed by atoms with van der Waals surface area (Å²) in [5, 5.41) is 2.51. The molecule has 0 aliphatic heterocycles. The lowest BCUT2D eigenvalue weighted by atomic mass is 10.1. The lowest BCUT2D eigenvalue weighted by Crippen LogP contribution is -2.12. The summed E-state index contributed by atoms with van der Waals surface area (Å²) < 4.78 is 25.9. The van der Waals surface area contributed by atoms with Gasteiger partial charge in [-0.05, 0) is 24.3 Å². The average Bonchev–Trinajstić information content (AvgIpc) is 2.91. The van der Waals surface area contributed by atoms with Crippen molar-refractivity contribution in [1.29, 1.82) is 0 Å². The van der Waals surface area contributed by atoms with Gasteiger partial charge in [0.25, 0.3) is 5.91 Å². The van der Waals surface area contributed by atoms with Crippen molar-refractivity contribution in [2.45, 2.75) is 0 Å². The van der Waals surface area contributed by atoms with Crippen LogP contribution in [0.1, 0.15) is 10.4 Å². The summed E-state index contributed by atoms with van der Waals surface area (Å²) in [6.07, 6.45) is 1.49. The molecule has 2 N–H and O–H groups in total. The number of hydrogen-bond donors (Lipinski definition) is 2. The molecule has 20 heavy (non-hydrogen) atoms. The van der Waals surface area contributed by atoms with E-state index in [1.165, 1.54) is 12.4 Å². The minimum Gasteiger partial charge on any atom is -0.345 e. The quantitative estimate of drug-likeness (QED) is 0.753. The first-order valence-corrected chi connectivity index (χ1v) is 5.83. The molecule has 0 radical (unpaired) electrons. The maximum atomic E-state index is 13.1. The Kier molecular flexibility index (Phi) is 2.90. The van der Waals surface area contributed by atoms with Crippen molar-refractivity contribution in [3.05, 3.63) is 59.9 Å². The fourth-order valence-electron chi connectivity index (χ4n) is 1.92. The van der Waals surface area contributed by atoms with E-state index in [2.05, 4.69) is 15.3 Å². The number of aromatic nitrogens is 2. The van der Waals surface area contributed by atoms with Crippen molar-refractivity contribution < 1.29 is 13.6 Å². The molecule has 6 heteroatoms. The summed E-state index contributed by atoms with van der Waals surface area (Å²) >= 11 is 0. The molecule has 3 aromatic rings. The van der Waals surface area contributed by atoms with E-state index >= 15 is 0 Å². The van der Waals surface area contributed by atoms with Gasteiger partial charge in [-0.2, -0.15) is 0 Å². The first-order chi connectivity index (χ1) is 9.65. The van der Waals surface area contributed by atoms with Crippen LogP contribution in [0, 0.1) is 11.6 Å². The van der Waals surface area contributed by atoms with Crippen LogP contribution in [0.3, 0.4) is 0 Å². The van der Waals surface area contributed by atoms with Crippen molar-refractivity contribution in [1.82, 2.24) is 9.97 Å². The van der Waals surface area contributed by atoms with E-state index in [-0.39, 0.29) is 5.69 Å². The van der Waals surface area contributed by atoms with Crippen molar-refractivity contribution in [2.75, 3.05) is 5.32 Å². The molecule has 0 aliphatic rings. The van der Waals surface area contributed by atoms with Gasteiger partial charge < -0.3 is 10.3 Å². The Morgan fingerprint density at radius 3 is 2.80 bits per heavy atom. The van der Waals surface area contributed by atoms with Crippen LogP contribution < -0.4 is 5.32 Å². The largest absolute Gasteiger partial charge is 0.345 e. The molecule has 2 aromatic carbocycles. The van der Waals surface area contributed by atoms with Crippen LogP contribution in [0.25, 0.3) is 11.0 Å². The second kappa shape index (κ2) is 4.73. The Bertz CT molecular complexity index is 798. The number of H-pyrrole nitrogens is 1. The summed E-state index contributed by atoms with van der Waals surface area (Å²) in [7, 11) is 0. The van der Waals surface area contributed by atoms with Gasteiger partial charge in [0.1, 0.15) is 5.52 Å². The number of carbonyl (C=O) groups excluding carboxylic acids is 1. The number of nitrogens with one attached hydrogen (secondary N) is 2. The number of aromatic amines is 1. The highest BCUT2D eigenvalue weighted by Gasteiger charge is 2.12. The molecule has 0 fully saturated rings. The molecule has 100 valence electrons. The zero-order valence-electron chi connectivity index (χ0n) is 10.2. The Morgan fingerprint density at radius 1 is 1.15 bits per heavy atom. The van der Waals surface area contributed by atoms with Crippen LogP contribution in [0.2, 0.25) is 0 Å². The zero-order chi connectivity index (χ0) is 14.1. The second-order valence-corrected chi connectivity index (χ2v) is 4.19. The van der Waals surface area contributed by atoms with E-state index in [1.807, 2.05) is 0 Å². The summed E-state index contributed by atoms with van der Waals surface area (Å²) in [6.45, 7) is 0. The van der Waals surface area contributed by atoms with Gasteiger partial charge in [-0.15, -0.1) is 0 Å². The van der Waals surface area contributed by atoms with E-state index in [0.29, 0.717) is 11.1 Å². The maximum Gasteiger partial charge on any atom is 0.257 e. The number of para-hydroxylation sites is 1. The Hall–Kier alpha value is -2.76. The minimum atomic E-state index is -1.01. The summed E-state index contributed by atoms with van der Waals surface area (Å²) in [5.41, 5.74) is 1.78.